The highest BCUT2D eigenvalue weighted by atomic mass is 16.5. The van der Waals surface area contributed by atoms with Crippen LogP contribution in [0.2, 0.25) is 0 Å². The van der Waals surface area contributed by atoms with Crippen LogP contribution in [0.4, 0.5) is 0 Å². The minimum absolute atomic E-state index is 0.228. The molecule has 1 saturated heterocycles. The van der Waals surface area contributed by atoms with E-state index in [0.29, 0.717) is 0 Å². The van der Waals surface area contributed by atoms with Gasteiger partial charge >= 0.3 is 0 Å². The average Bonchev–Trinajstić information content (AvgIpc) is 2.33. The number of ether oxygens (including phenoxy) is 1. The first-order valence-corrected chi connectivity index (χ1v) is 5.46. The zero-order chi connectivity index (χ0) is 10.5. The van der Waals surface area contributed by atoms with Gasteiger partial charge in [0, 0.05) is 13.1 Å². The molecule has 1 aliphatic heterocycles. The van der Waals surface area contributed by atoms with E-state index in [4.69, 9.17) is 4.74 Å². The Balaban J connectivity index is 2.09. The van der Waals surface area contributed by atoms with Crippen LogP contribution in [-0.4, -0.2) is 32.8 Å². The van der Waals surface area contributed by atoms with Crippen molar-refractivity contribution in [2.75, 3.05) is 26.7 Å². The van der Waals surface area contributed by atoms with E-state index >= 15 is 0 Å². The van der Waals surface area contributed by atoms with Crippen LogP contribution in [0.3, 0.4) is 0 Å². The van der Waals surface area contributed by atoms with Gasteiger partial charge in [0.15, 0.2) is 0 Å². The van der Waals surface area contributed by atoms with Crippen molar-refractivity contribution >= 4 is 0 Å². The summed E-state index contributed by atoms with van der Waals surface area (Å²) < 4.78 is 5.76. The molecule has 1 heterocycles. The summed E-state index contributed by atoms with van der Waals surface area (Å²) in [6, 6.07) is 10.7. The first kappa shape index (κ1) is 10.6. The third kappa shape index (κ3) is 2.56. The molecular formula is C12H18N2O. The summed E-state index contributed by atoms with van der Waals surface area (Å²) in [5.74, 6) is 0. The third-order valence-electron chi connectivity index (χ3n) is 2.80. The number of morpholine rings is 1. The van der Waals surface area contributed by atoms with E-state index in [9.17, 15) is 0 Å². The normalized spacial score (nSPS) is 23.7. The molecule has 2 rings (SSSR count). The highest BCUT2D eigenvalue weighted by Crippen LogP contribution is 2.19. The average molecular weight is 206 g/mol. The molecule has 82 valence electrons. The fourth-order valence-corrected chi connectivity index (χ4v) is 2.03. The maximum absolute atomic E-state index is 5.76. The minimum atomic E-state index is 0.228. The zero-order valence-corrected chi connectivity index (χ0v) is 9.07. The Hall–Kier alpha value is -0.900. The molecule has 3 nitrogen and oxygen atoms in total. The molecule has 0 bridgehead atoms. The van der Waals surface area contributed by atoms with E-state index < -0.39 is 0 Å². The van der Waals surface area contributed by atoms with Crippen LogP contribution in [0, 0.1) is 0 Å². The molecule has 1 aromatic rings. The molecule has 2 N–H and O–H groups in total. The SMILES string of the molecule is CNC(c1ccccc1)C1CNCCO1. The Labute approximate surface area is 90.8 Å². The van der Waals surface area contributed by atoms with Gasteiger partial charge in [0.1, 0.15) is 0 Å². The predicted molar refractivity (Wildman–Crippen MR) is 60.9 cm³/mol. The van der Waals surface area contributed by atoms with E-state index in [0.717, 1.165) is 19.7 Å². The summed E-state index contributed by atoms with van der Waals surface area (Å²) in [5, 5.41) is 6.68. The number of hydrogen-bond acceptors (Lipinski definition) is 3. The topological polar surface area (TPSA) is 33.3 Å². The first-order chi connectivity index (χ1) is 7.42. The van der Waals surface area contributed by atoms with Gasteiger partial charge in [-0.05, 0) is 12.6 Å². The molecule has 0 amide bonds. The Morgan fingerprint density at radius 2 is 2.20 bits per heavy atom. The van der Waals surface area contributed by atoms with E-state index in [1.165, 1.54) is 5.56 Å². The lowest BCUT2D eigenvalue weighted by Gasteiger charge is -2.31. The van der Waals surface area contributed by atoms with Gasteiger partial charge in [0.05, 0.1) is 18.8 Å². The van der Waals surface area contributed by atoms with Gasteiger partial charge in [-0.15, -0.1) is 0 Å². The standard InChI is InChI=1S/C12H18N2O/c1-13-12(10-5-3-2-4-6-10)11-9-14-7-8-15-11/h2-6,11-14H,7-9H2,1H3. The third-order valence-corrected chi connectivity index (χ3v) is 2.80. The fraction of sp³-hybridized carbons (Fsp3) is 0.500. The number of benzene rings is 1. The maximum Gasteiger partial charge on any atom is 0.0894 e. The van der Waals surface area contributed by atoms with Gasteiger partial charge in [-0.2, -0.15) is 0 Å². The van der Waals surface area contributed by atoms with Crippen molar-refractivity contribution in [2.45, 2.75) is 12.1 Å². The highest BCUT2D eigenvalue weighted by molar-refractivity contribution is 5.20. The summed E-state index contributed by atoms with van der Waals surface area (Å²) >= 11 is 0. The van der Waals surface area contributed by atoms with Crippen LogP contribution in [0.1, 0.15) is 11.6 Å². The Kier molecular flexibility index (Phi) is 3.72. The second-order valence-corrected chi connectivity index (χ2v) is 3.79. The molecule has 0 aromatic heterocycles. The quantitative estimate of drug-likeness (QED) is 0.772. The molecule has 2 atom stereocenters. The molecule has 0 aliphatic carbocycles. The summed E-state index contributed by atoms with van der Waals surface area (Å²) in [4.78, 5) is 0. The van der Waals surface area contributed by atoms with E-state index in [2.05, 4.69) is 34.9 Å². The number of nitrogens with one attached hydrogen (secondary N) is 2. The van der Waals surface area contributed by atoms with Crippen molar-refractivity contribution < 1.29 is 4.74 Å². The van der Waals surface area contributed by atoms with E-state index in [1.54, 1.807) is 0 Å². The van der Waals surface area contributed by atoms with Crippen LogP contribution in [-0.2, 0) is 4.74 Å². The lowest BCUT2D eigenvalue weighted by molar-refractivity contribution is 0.00538. The number of likely N-dealkylation sites (N-methyl/N-ethyl adjacent to an activating group) is 1. The van der Waals surface area contributed by atoms with Crippen LogP contribution >= 0.6 is 0 Å². The lowest BCUT2D eigenvalue weighted by Crippen LogP contribution is -2.45. The van der Waals surface area contributed by atoms with Crippen molar-refractivity contribution in [3.05, 3.63) is 35.9 Å². The first-order valence-electron chi connectivity index (χ1n) is 5.46. The van der Waals surface area contributed by atoms with Crippen molar-refractivity contribution in [2.24, 2.45) is 0 Å². The molecule has 1 fully saturated rings. The van der Waals surface area contributed by atoms with Gasteiger partial charge in [0.25, 0.3) is 0 Å². The smallest absolute Gasteiger partial charge is 0.0894 e. The monoisotopic (exact) mass is 206 g/mol. The van der Waals surface area contributed by atoms with Crippen molar-refractivity contribution in [1.82, 2.24) is 10.6 Å². The Morgan fingerprint density at radius 1 is 1.40 bits per heavy atom. The molecule has 15 heavy (non-hydrogen) atoms. The van der Waals surface area contributed by atoms with Crippen molar-refractivity contribution in [3.8, 4) is 0 Å². The van der Waals surface area contributed by atoms with Crippen LogP contribution in [0.25, 0.3) is 0 Å². The second kappa shape index (κ2) is 5.26. The fourth-order valence-electron chi connectivity index (χ4n) is 2.03. The largest absolute Gasteiger partial charge is 0.374 e. The zero-order valence-electron chi connectivity index (χ0n) is 9.07. The van der Waals surface area contributed by atoms with Gasteiger partial charge in [-0.1, -0.05) is 30.3 Å². The molecule has 0 saturated carbocycles. The summed E-state index contributed by atoms with van der Waals surface area (Å²) in [6.45, 7) is 2.68. The Morgan fingerprint density at radius 3 is 2.80 bits per heavy atom. The van der Waals surface area contributed by atoms with Crippen molar-refractivity contribution in [1.29, 1.82) is 0 Å². The molecule has 0 radical (unpaired) electrons. The number of rotatable bonds is 3. The molecule has 1 aliphatic rings. The van der Waals surface area contributed by atoms with Crippen LogP contribution in [0.5, 0.6) is 0 Å². The van der Waals surface area contributed by atoms with Crippen LogP contribution in [0.15, 0.2) is 30.3 Å². The molecule has 0 spiro atoms. The molecular weight excluding hydrogens is 188 g/mol. The summed E-state index contributed by atoms with van der Waals surface area (Å²) in [5.41, 5.74) is 1.29. The molecule has 2 unspecified atom stereocenters. The van der Waals surface area contributed by atoms with E-state index in [-0.39, 0.29) is 12.1 Å². The van der Waals surface area contributed by atoms with E-state index in [1.807, 2.05) is 13.1 Å². The molecule has 3 heteroatoms. The van der Waals surface area contributed by atoms with Crippen molar-refractivity contribution in [3.63, 3.8) is 0 Å². The van der Waals surface area contributed by atoms with Crippen LogP contribution < -0.4 is 10.6 Å². The lowest BCUT2D eigenvalue weighted by atomic mass is 10.0. The number of hydrogen-bond donors (Lipinski definition) is 2. The summed E-state index contributed by atoms with van der Waals surface area (Å²) in [6.07, 6.45) is 0.228. The maximum atomic E-state index is 5.76. The summed E-state index contributed by atoms with van der Waals surface area (Å²) in [7, 11) is 1.98. The minimum Gasteiger partial charge on any atom is -0.374 e. The van der Waals surface area contributed by atoms with Gasteiger partial charge in [0.2, 0.25) is 0 Å². The predicted octanol–water partition coefficient (Wildman–Crippen LogP) is 0.935. The highest BCUT2D eigenvalue weighted by Gasteiger charge is 2.23. The molecule has 1 aromatic carbocycles. The Bertz CT molecular complexity index is 283. The second-order valence-electron chi connectivity index (χ2n) is 3.79. The van der Waals surface area contributed by atoms with Gasteiger partial charge < -0.3 is 15.4 Å². The van der Waals surface area contributed by atoms with Gasteiger partial charge in [-0.3, -0.25) is 0 Å². The van der Waals surface area contributed by atoms with Gasteiger partial charge in [-0.25, -0.2) is 0 Å².